The predicted octanol–water partition coefficient (Wildman–Crippen LogP) is 4.80. The number of para-hydroxylation sites is 1. The first-order valence-electron chi connectivity index (χ1n) is 10.3. The summed E-state index contributed by atoms with van der Waals surface area (Å²) in [4.78, 5) is 19.8. The number of amides is 1. The smallest absolute Gasteiger partial charge is 0.258 e. The highest BCUT2D eigenvalue weighted by atomic mass is 16.5. The number of nitrogens with zero attached hydrogens (tertiary/aromatic N) is 3. The number of methoxy groups -OCH3 is 2. The molecule has 0 N–H and O–H groups in total. The van der Waals surface area contributed by atoms with Crippen LogP contribution in [0, 0.1) is 0 Å². The first-order chi connectivity index (χ1) is 15.7. The number of benzene rings is 3. The second-order valence-corrected chi connectivity index (χ2v) is 7.28. The van der Waals surface area contributed by atoms with Crippen LogP contribution in [0.5, 0.6) is 11.5 Å². The number of hydrogen-bond donors (Lipinski definition) is 0. The summed E-state index contributed by atoms with van der Waals surface area (Å²) in [6, 6.07) is 24.8. The first-order valence-corrected chi connectivity index (χ1v) is 10.3. The molecule has 0 unspecified atom stereocenters. The number of ether oxygens (including phenoxy) is 2. The van der Waals surface area contributed by atoms with Gasteiger partial charge in [-0.2, -0.15) is 0 Å². The molecule has 4 aromatic rings. The number of carbonyl (C=O) groups excluding carboxylic acids is 1. The van der Waals surface area contributed by atoms with Crippen LogP contribution >= 0.6 is 0 Å². The van der Waals surface area contributed by atoms with Crippen molar-refractivity contribution in [1.82, 2.24) is 9.55 Å². The monoisotopic (exact) mass is 427 g/mol. The summed E-state index contributed by atoms with van der Waals surface area (Å²) in [5.41, 5.74) is 2.48. The van der Waals surface area contributed by atoms with Gasteiger partial charge in [0.25, 0.3) is 5.91 Å². The van der Waals surface area contributed by atoms with Crippen LogP contribution in [0.15, 0.2) is 91.3 Å². The van der Waals surface area contributed by atoms with Gasteiger partial charge in [0.15, 0.2) is 0 Å². The largest absolute Gasteiger partial charge is 0.497 e. The van der Waals surface area contributed by atoms with Crippen molar-refractivity contribution in [2.75, 3.05) is 19.1 Å². The minimum atomic E-state index is -0.117. The fourth-order valence-electron chi connectivity index (χ4n) is 3.50. The van der Waals surface area contributed by atoms with Gasteiger partial charge in [-0.05, 0) is 48.0 Å². The zero-order valence-electron chi connectivity index (χ0n) is 18.1. The molecule has 162 valence electrons. The molecule has 6 nitrogen and oxygen atoms in total. The maximum Gasteiger partial charge on any atom is 0.258 e. The molecule has 1 aromatic heterocycles. The van der Waals surface area contributed by atoms with Crippen LogP contribution in [-0.4, -0.2) is 29.7 Å². The molecule has 4 rings (SSSR count). The molecule has 0 aliphatic heterocycles. The number of hydrogen-bond acceptors (Lipinski definition) is 4. The number of imidazole rings is 1. The summed E-state index contributed by atoms with van der Waals surface area (Å²) >= 11 is 0. The predicted molar refractivity (Wildman–Crippen MR) is 124 cm³/mol. The van der Waals surface area contributed by atoms with Gasteiger partial charge in [0.1, 0.15) is 17.3 Å². The molecular formula is C26H25N3O3. The van der Waals surface area contributed by atoms with E-state index >= 15 is 0 Å². The molecular weight excluding hydrogens is 402 g/mol. The van der Waals surface area contributed by atoms with Gasteiger partial charge in [0, 0.05) is 30.2 Å². The summed E-state index contributed by atoms with van der Waals surface area (Å²) in [6.45, 7) is 0.985. The lowest BCUT2D eigenvalue weighted by Gasteiger charge is -2.23. The van der Waals surface area contributed by atoms with Gasteiger partial charge in [0.05, 0.1) is 20.8 Å². The number of aromatic nitrogens is 2. The van der Waals surface area contributed by atoms with Crippen molar-refractivity contribution in [3.8, 4) is 11.5 Å². The third-order valence-corrected chi connectivity index (χ3v) is 5.24. The van der Waals surface area contributed by atoms with Crippen LogP contribution in [0.1, 0.15) is 21.7 Å². The number of carbonyl (C=O) groups is 1. The highest BCUT2D eigenvalue weighted by Gasteiger charge is 2.20. The maximum atomic E-state index is 13.5. The van der Waals surface area contributed by atoms with Crippen LogP contribution in [0.2, 0.25) is 0 Å². The Morgan fingerprint density at radius 2 is 1.66 bits per heavy atom. The number of anilines is 1. The van der Waals surface area contributed by atoms with Crippen LogP contribution in [0.25, 0.3) is 0 Å². The van der Waals surface area contributed by atoms with E-state index in [2.05, 4.69) is 9.55 Å². The molecule has 0 saturated heterocycles. The van der Waals surface area contributed by atoms with E-state index < -0.39 is 0 Å². The van der Waals surface area contributed by atoms with E-state index in [0.29, 0.717) is 24.4 Å². The Hall–Kier alpha value is -4.06. The molecule has 3 aromatic carbocycles. The van der Waals surface area contributed by atoms with Crippen molar-refractivity contribution in [2.24, 2.45) is 0 Å². The summed E-state index contributed by atoms with van der Waals surface area (Å²) in [6.07, 6.45) is 3.69. The van der Waals surface area contributed by atoms with Gasteiger partial charge in [-0.15, -0.1) is 0 Å². The van der Waals surface area contributed by atoms with E-state index in [1.165, 1.54) is 0 Å². The standard InChI is InChI=1S/C26H25N3O3/c1-31-23-13-11-20(12-14-23)18-28-16-15-27-25(28)19-29(22-8-4-3-5-9-22)26(30)21-7-6-10-24(17-21)32-2/h3-17H,18-19H2,1-2H3. The van der Waals surface area contributed by atoms with Gasteiger partial charge in [0.2, 0.25) is 0 Å². The Kier molecular flexibility index (Phi) is 6.51. The molecule has 0 radical (unpaired) electrons. The average molecular weight is 428 g/mol. The topological polar surface area (TPSA) is 56.6 Å². The molecule has 32 heavy (non-hydrogen) atoms. The Bertz CT molecular complexity index is 1170. The van der Waals surface area contributed by atoms with E-state index in [1.54, 1.807) is 37.4 Å². The highest BCUT2D eigenvalue weighted by molar-refractivity contribution is 6.06. The zero-order valence-corrected chi connectivity index (χ0v) is 18.1. The molecule has 6 heteroatoms. The van der Waals surface area contributed by atoms with E-state index in [-0.39, 0.29) is 5.91 Å². The van der Waals surface area contributed by atoms with Gasteiger partial charge < -0.3 is 18.9 Å². The third-order valence-electron chi connectivity index (χ3n) is 5.24. The van der Waals surface area contributed by atoms with Crippen LogP contribution in [-0.2, 0) is 13.1 Å². The zero-order chi connectivity index (χ0) is 22.3. The molecule has 0 saturated carbocycles. The molecule has 0 bridgehead atoms. The molecule has 0 aliphatic carbocycles. The lowest BCUT2D eigenvalue weighted by Crippen LogP contribution is -2.31. The average Bonchev–Trinajstić information content (AvgIpc) is 3.29. The normalized spacial score (nSPS) is 10.6. The SMILES string of the molecule is COc1ccc(Cn2ccnc2CN(C(=O)c2cccc(OC)c2)c2ccccc2)cc1. The quantitative estimate of drug-likeness (QED) is 0.406. The third kappa shape index (κ3) is 4.81. The summed E-state index contributed by atoms with van der Waals surface area (Å²) in [5, 5.41) is 0. The van der Waals surface area contributed by atoms with Crippen molar-refractivity contribution in [3.63, 3.8) is 0 Å². The Labute approximate surface area is 187 Å². The second-order valence-electron chi connectivity index (χ2n) is 7.28. The lowest BCUT2D eigenvalue weighted by molar-refractivity contribution is 0.0984. The summed E-state index contributed by atoms with van der Waals surface area (Å²) in [7, 11) is 3.25. The van der Waals surface area contributed by atoms with Crippen molar-refractivity contribution >= 4 is 11.6 Å². The van der Waals surface area contributed by atoms with Crippen LogP contribution in [0.3, 0.4) is 0 Å². The van der Waals surface area contributed by atoms with Crippen molar-refractivity contribution in [1.29, 1.82) is 0 Å². The van der Waals surface area contributed by atoms with Crippen molar-refractivity contribution < 1.29 is 14.3 Å². The molecule has 0 aliphatic rings. The van der Waals surface area contributed by atoms with Crippen LogP contribution < -0.4 is 14.4 Å². The summed E-state index contributed by atoms with van der Waals surface area (Å²) in [5.74, 6) is 2.14. The van der Waals surface area contributed by atoms with Gasteiger partial charge in [-0.25, -0.2) is 4.98 Å². The molecule has 1 amide bonds. The minimum Gasteiger partial charge on any atom is -0.497 e. The fourth-order valence-corrected chi connectivity index (χ4v) is 3.50. The molecule has 0 fully saturated rings. The van der Waals surface area contributed by atoms with E-state index in [9.17, 15) is 4.79 Å². The second kappa shape index (κ2) is 9.83. The fraction of sp³-hybridized carbons (Fsp3) is 0.154. The minimum absolute atomic E-state index is 0.117. The van der Waals surface area contributed by atoms with E-state index in [0.717, 1.165) is 22.8 Å². The van der Waals surface area contributed by atoms with Crippen molar-refractivity contribution in [3.05, 3.63) is 108 Å². The van der Waals surface area contributed by atoms with E-state index in [1.807, 2.05) is 72.9 Å². The Balaban J connectivity index is 1.62. The van der Waals surface area contributed by atoms with Gasteiger partial charge in [-0.1, -0.05) is 36.4 Å². The first kappa shape index (κ1) is 21.2. The molecule has 0 atom stereocenters. The van der Waals surface area contributed by atoms with Gasteiger partial charge in [-0.3, -0.25) is 4.79 Å². The summed E-state index contributed by atoms with van der Waals surface area (Å²) < 4.78 is 12.6. The Morgan fingerprint density at radius 3 is 2.38 bits per heavy atom. The van der Waals surface area contributed by atoms with Crippen LogP contribution in [0.4, 0.5) is 5.69 Å². The van der Waals surface area contributed by atoms with E-state index in [4.69, 9.17) is 9.47 Å². The molecule has 0 spiro atoms. The molecule has 1 heterocycles. The van der Waals surface area contributed by atoms with Gasteiger partial charge >= 0.3 is 0 Å². The highest BCUT2D eigenvalue weighted by Crippen LogP contribution is 2.22. The maximum absolute atomic E-state index is 13.5. The lowest BCUT2D eigenvalue weighted by atomic mass is 10.1. The Morgan fingerprint density at radius 1 is 0.906 bits per heavy atom. The van der Waals surface area contributed by atoms with Crippen molar-refractivity contribution in [2.45, 2.75) is 13.1 Å². The number of rotatable bonds is 8.